The van der Waals surface area contributed by atoms with Gasteiger partial charge in [-0.2, -0.15) is 4.31 Å². The van der Waals surface area contributed by atoms with Gasteiger partial charge in [0.25, 0.3) is 0 Å². The first-order valence-corrected chi connectivity index (χ1v) is 11.9. The van der Waals surface area contributed by atoms with E-state index in [1.54, 1.807) is 44.4 Å². The SMILES string of the molecule is Cn1c(=O)n(C)c2cc(S(=O)(=O)N3CCN(CC(=O)Nc4ccc(Cl)cc4)CC3)ccc21. The van der Waals surface area contributed by atoms with Gasteiger partial charge in [-0.05, 0) is 42.5 Å². The molecule has 0 aliphatic carbocycles. The second kappa shape index (κ2) is 8.70. The van der Waals surface area contributed by atoms with Gasteiger partial charge in [-0.3, -0.25) is 18.8 Å². The molecule has 0 unspecified atom stereocenters. The molecule has 0 atom stereocenters. The number of sulfonamides is 1. The molecule has 0 spiro atoms. The number of nitrogens with zero attached hydrogens (tertiary/aromatic N) is 4. The molecular weight excluding hydrogens is 454 g/mol. The molecule has 1 N–H and O–H groups in total. The highest BCUT2D eigenvalue weighted by molar-refractivity contribution is 7.89. The number of amides is 1. The number of hydrogen-bond donors (Lipinski definition) is 1. The Labute approximate surface area is 190 Å². The number of piperazine rings is 1. The number of rotatable bonds is 5. The lowest BCUT2D eigenvalue weighted by atomic mass is 10.3. The largest absolute Gasteiger partial charge is 0.328 e. The smallest absolute Gasteiger partial charge is 0.325 e. The van der Waals surface area contributed by atoms with Gasteiger partial charge < -0.3 is 5.32 Å². The highest BCUT2D eigenvalue weighted by atomic mass is 35.5. The van der Waals surface area contributed by atoms with E-state index in [1.807, 2.05) is 4.90 Å². The van der Waals surface area contributed by atoms with Crippen LogP contribution in [-0.2, 0) is 28.9 Å². The second-order valence-corrected chi connectivity index (χ2v) is 10.2. The van der Waals surface area contributed by atoms with E-state index in [9.17, 15) is 18.0 Å². The van der Waals surface area contributed by atoms with Gasteiger partial charge in [-0.25, -0.2) is 13.2 Å². The number of carbonyl (C=O) groups excluding carboxylic acids is 1. The summed E-state index contributed by atoms with van der Waals surface area (Å²) in [6.45, 7) is 1.62. The van der Waals surface area contributed by atoms with Crippen molar-refractivity contribution in [2.24, 2.45) is 14.1 Å². The summed E-state index contributed by atoms with van der Waals surface area (Å²) in [4.78, 5) is 26.5. The Morgan fingerprint density at radius 2 is 1.59 bits per heavy atom. The van der Waals surface area contributed by atoms with E-state index in [0.717, 1.165) is 0 Å². The zero-order chi connectivity index (χ0) is 23.0. The molecule has 170 valence electrons. The van der Waals surface area contributed by atoms with Gasteiger partial charge >= 0.3 is 5.69 Å². The number of imidazole rings is 1. The number of aryl methyl sites for hydroxylation is 2. The van der Waals surface area contributed by atoms with Gasteiger partial charge in [0.2, 0.25) is 15.9 Å². The molecule has 4 rings (SSSR count). The molecule has 1 fully saturated rings. The fourth-order valence-corrected chi connectivity index (χ4v) is 5.43. The summed E-state index contributed by atoms with van der Waals surface area (Å²) < 4.78 is 30.7. The van der Waals surface area contributed by atoms with Crippen LogP contribution in [0.3, 0.4) is 0 Å². The van der Waals surface area contributed by atoms with Gasteiger partial charge in [0, 0.05) is 51.0 Å². The molecule has 2 heterocycles. The minimum Gasteiger partial charge on any atom is -0.325 e. The fraction of sp³-hybridized carbons (Fsp3) is 0.333. The molecule has 1 amide bonds. The number of carbonyl (C=O) groups is 1. The summed E-state index contributed by atoms with van der Waals surface area (Å²) in [6, 6.07) is 11.6. The minimum absolute atomic E-state index is 0.153. The Hall–Kier alpha value is -2.66. The van der Waals surface area contributed by atoms with Crippen molar-refractivity contribution < 1.29 is 13.2 Å². The molecule has 0 bridgehead atoms. The topological polar surface area (TPSA) is 96.7 Å². The molecule has 9 nitrogen and oxygen atoms in total. The Balaban J connectivity index is 1.40. The maximum atomic E-state index is 13.2. The highest BCUT2D eigenvalue weighted by Crippen LogP contribution is 2.22. The van der Waals surface area contributed by atoms with Crippen LogP contribution < -0.4 is 11.0 Å². The Kier molecular flexibility index (Phi) is 6.13. The zero-order valence-electron chi connectivity index (χ0n) is 17.8. The number of halogens is 1. The summed E-state index contributed by atoms with van der Waals surface area (Å²) in [5.41, 5.74) is 1.69. The standard InChI is InChI=1S/C21H24ClN5O4S/c1-24-18-8-7-17(13-19(18)25(2)21(24)29)32(30,31)27-11-9-26(10-12-27)14-20(28)23-16-5-3-15(22)4-6-16/h3-8,13H,9-12,14H2,1-2H3,(H,23,28). The lowest BCUT2D eigenvalue weighted by Crippen LogP contribution is -2.50. The third kappa shape index (κ3) is 4.31. The third-order valence-electron chi connectivity index (χ3n) is 5.71. The first kappa shape index (κ1) is 22.5. The molecule has 2 aromatic carbocycles. The molecule has 1 aliphatic heterocycles. The van der Waals surface area contributed by atoms with Crippen molar-refractivity contribution in [3.8, 4) is 0 Å². The number of hydrogen-bond acceptors (Lipinski definition) is 5. The summed E-state index contributed by atoms with van der Waals surface area (Å²) in [5, 5.41) is 3.40. The molecule has 32 heavy (non-hydrogen) atoms. The van der Waals surface area contributed by atoms with E-state index in [0.29, 0.717) is 34.8 Å². The number of fused-ring (bicyclic) bond motifs is 1. The van der Waals surface area contributed by atoms with Crippen LogP contribution in [0.25, 0.3) is 11.0 Å². The maximum absolute atomic E-state index is 13.2. The van der Waals surface area contributed by atoms with Crippen LogP contribution in [0, 0.1) is 0 Å². The average Bonchev–Trinajstić information content (AvgIpc) is 2.99. The molecular formula is C21H24ClN5O4S. The van der Waals surface area contributed by atoms with E-state index in [-0.39, 0.29) is 36.1 Å². The van der Waals surface area contributed by atoms with Crippen LogP contribution in [0.15, 0.2) is 52.2 Å². The van der Waals surface area contributed by atoms with E-state index in [2.05, 4.69) is 5.32 Å². The number of benzene rings is 2. The first-order chi connectivity index (χ1) is 15.2. The summed E-state index contributed by atoms with van der Waals surface area (Å²) in [7, 11) is -0.436. The lowest BCUT2D eigenvalue weighted by Gasteiger charge is -2.33. The van der Waals surface area contributed by atoms with Crippen molar-refractivity contribution in [3.63, 3.8) is 0 Å². The van der Waals surface area contributed by atoms with E-state index in [4.69, 9.17) is 11.6 Å². The van der Waals surface area contributed by atoms with Crippen molar-refractivity contribution >= 4 is 44.3 Å². The predicted octanol–water partition coefficient (Wildman–Crippen LogP) is 1.48. The Morgan fingerprint density at radius 1 is 0.969 bits per heavy atom. The molecule has 1 aromatic heterocycles. The average molecular weight is 478 g/mol. The second-order valence-electron chi connectivity index (χ2n) is 7.79. The number of nitrogens with one attached hydrogen (secondary N) is 1. The van der Waals surface area contributed by atoms with E-state index < -0.39 is 10.0 Å². The molecule has 1 saturated heterocycles. The van der Waals surface area contributed by atoms with Crippen LogP contribution in [0.5, 0.6) is 0 Å². The monoisotopic (exact) mass is 477 g/mol. The molecule has 1 aliphatic rings. The number of anilines is 1. The van der Waals surface area contributed by atoms with Gasteiger partial charge in [-0.15, -0.1) is 0 Å². The molecule has 0 radical (unpaired) electrons. The molecule has 3 aromatic rings. The third-order valence-corrected chi connectivity index (χ3v) is 7.85. The lowest BCUT2D eigenvalue weighted by molar-refractivity contribution is -0.117. The molecule has 0 saturated carbocycles. The quantitative estimate of drug-likeness (QED) is 0.600. The van der Waals surface area contributed by atoms with Crippen molar-refractivity contribution in [3.05, 3.63) is 58.0 Å². The maximum Gasteiger partial charge on any atom is 0.328 e. The Bertz CT molecular complexity index is 1320. The minimum atomic E-state index is -3.71. The van der Waals surface area contributed by atoms with Crippen molar-refractivity contribution in [2.45, 2.75) is 4.90 Å². The zero-order valence-corrected chi connectivity index (χ0v) is 19.4. The van der Waals surface area contributed by atoms with Crippen molar-refractivity contribution in [1.82, 2.24) is 18.3 Å². The summed E-state index contributed by atoms with van der Waals surface area (Å²) in [5.74, 6) is -0.168. The first-order valence-electron chi connectivity index (χ1n) is 10.1. The van der Waals surface area contributed by atoms with Crippen LogP contribution in [0.1, 0.15) is 0 Å². The van der Waals surface area contributed by atoms with Crippen LogP contribution >= 0.6 is 11.6 Å². The van der Waals surface area contributed by atoms with Crippen molar-refractivity contribution in [2.75, 3.05) is 38.0 Å². The Morgan fingerprint density at radius 3 is 2.25 bits per heavy atom. The normalized spacial score (nSPS) is 15.8. The number of aromatic nitrogens is 2. The van der Waals surface area contributed by atoms with Crippen LogP contribution in [0.4, 0.5) is 5.69 Å². The predicted molar refractivity (Wildman–Crippen MR) is 123 cm³/mol. The molecule has 11 heteroatoms. The van der Waals surface area contributed by atoms with Gasteiger partial charge in [-0.1, -0.05) is 11.6 Å². The van der Waals surface area contributed by atoms with Crippen LogP contribution in [-0.4, -0.2) is 65.4 Å². The summed E-state index contributed by atoms with van der Waals surface area (Å²) >= 11 is 5.85. The van der Waals surface area contributed by atoms with E-state index in [1.165, 1.54) is 25.6 Å². The fourth-order valence-electron chi connectivity index (χ4n) is 3.86. The van der Waals surface area contributed by atoms with Crippen molar-refractivity contribution in [1.29, 1.82) is 0 Å². The van der Waals surface area contributed by atoms with Gasteiger partial charge in [0.05, 0.1) is 22.5 Å². The highest BCUT2D eigenvalue weighted by Gasteiger charge is 2.29. The van der Waals surface area contributed by atoms with Gasteiger partial charge in [0.1, 0.15) is 0 Å². The van der Waals surface area contributed by atoms with Gasteiger partial charge in [0.15, 0.2) is 0 Å². The van der Waals surface area contributed by atoms with Crippen LogP contribution in [0.2, 0.25) is 5.02 Å². The summed E-state index contributed by atoms with van der Waals surface area (Å²) in [6.07, 6.45) is 0. The van der Waals surface area contributed by atoms with E-state index >= 15 is 0 Å².